The van der Waals surface area contributed by atoms with E-state index in [1.54, 1.807) is 0 Å². The Hall–Kier alpha value is -2.63. The van der Waals surface area contributed by atoms with Gasteiger partial charge in [0.1, 0.15) is 16.9 Å². The summed E-state index contributed by atoms with van der Waals surface area (Å²) >= 11 is 0. The Morgan fingerprint density at radius 3 is 2.62 bits per heavy atom. The number of carbonyl (C=O) groups excluding carboxylic acids is 1. The van der Waals surface area contributed by atoms with E-state index in [-0.39, 0.29) is 11.9 Å². The molecule has 0 atom stereocenters. The van der Waals surface area contributed by atoms with Crippen LogP contribution < -0.4 is 11.1 Å². The topological polar surface area (TPSA) is 85.8 Å². The Morgan fingerprint density at radius 1 is 1.23 bits per heavy atom. The Bertz CT molecular complexity index is 956. The van der Waals surface area contributed by atoms with Gasteiger partial charge in [0.05, 0.1) is 11.0 Å². The smallest absolute Gasteiger partial charge is 0.257 e. The Labute approximate surface area is 152 Å². The summed E-state index contributed by atoms with van der Waals surface area (Å²) < 4.78 is 1.95. The molecule has 0 unspecified atom stereocenters. The molecule has 0 spiro atoms. The molecule has 2 heterocycles. The van der Waals surface area contributed by atoms with Crippen molar-refractivity contribution in [3.05, 3.63) is 29.8 Å². The summed E-state index contributed by atoms with van der Waals surface area (Å²) in [7, 11) is 0. The maximum Gasteiger partial charge on any atom is 0.257 e. The largest absolute Gasteiger partial charge is 0.384 e. The zero-order valence-electron chi connectivity index (χ0n) is 15.2. The van der Waals surface area contributed by atoms with Gasteiger partial charge in [-0.2, -0.15) is 0 Å². The molecule has 3 aromatic rings. The number of hydrogen-bond donors (Lipinski definition) is 2. The SMILES string of the molecule is CCCCn1c(N)c(C(=O)NC2CCCC2)c2nc3ccccc3nc21. The van der Waals surface area contributed by atoms with Crippen LogP contribution in [0.5, 0.6) is 0 Å². The first-order chi connectivity index (χ1) is 12.7. The minimum Gasteiger partial charge on any atom is -0.384 e. The van der Waals surface area contributed by atoms with Crippen molar-refractivity contribution in [2.24, 2.45) is 0 Å². The summed E-state index contributed by atoms with van der Waals surface area (Å²) in [5.41, 5.74) is 9.79. The van der Waals surface area contributed by atoms with Crippen molar-refractivity contribution < 1.29 is 4.79 Å². The fourth-order valence-electron chi connectivity index (χ4n) is 3.81. The predicted molar refractivity (Wildman–Crippen MR) is 104 cm³/mol. The number of amides is 1. The van der Waals surface area contributed by atoms with Crippen molar-refractivity contribution in [2.45, 2.75) is 58.0 Å². The van der Waals surface area contributed by atoms with E-state index < -0.39 is 0 Å². The van der Waals surface area contributed by atoms with Gasteiger partial charge in [-0.3, -0.25) is 4.79 Å². The second kappa shape index (κ2) is 6.94. The fourth-order valence-corrected chi connectivity index (χ4v) is 3.81. The molecule has 0 radical (unpaired) electrons. The van der Waals surface area contributed by atoms with E-state index >= 15 is 0 Å². The van der Waals surface area contributed by atoms with Crippen LogP contribution in [0.4, 0.5) is 5.82 Å². The van der Waals surface area contributed by atoms with Crippen molar-refractivity contribution in [3.63, 3.8) is 0 Å². The van der Waals surface area contributed by atoms with Gasteiger partial charge >= 0.3 is 0 Å². The van der Waals surface area contributed by atoms with Gasteiger partial charge in [0.2, 0.25) is 0 Å². The lowest BCUT2D eigenvalue weighted by molar-refractivity contribution is 0.0940. The standard InChI is InChI=1S/C20H25N5O/c1-2-3-12-25-18(21)16(20(26)22-13-8-4-5-9-13)17-19(25)24-15-11-7-6-10-14(15)23-17/h6-7,10-11,13H,2-5,8-9,12,21H2,1H3,(H,22,26). The number of nitrogens with two attached hydrogens (primary N) is 1. The lowest BCUT2D eigenvalue weighted by atomic mass is 10.2. The van der Waals surface area contributed by atoms with Gasteiger partial charge in [0.25, 0.3) is 5.91 Å². The number of hydrogen-bond acceptors (Lipinski definition) is 4. The van der Waals surface area contributed by atoms with Crippen molar-refractivity contribution >= 4 is 33.9 Å². The second-order valence-electron chi connectivity index (χ2n) is 7.10. The third-order valence-electron chi connectivity index (χ3n) is 5.24. The summed E-state index contributed by atoms with van der Waals surface area (Å²) in [4.78, 5) is 22.5. The van der Waals surface area contributed by atoms with Crippen molar-refractivity contribution in [2.75, 3.05) is 5.73 Å². The normalized spacial score (nSPS) is 15.1. The number of nitrogens with zero attached hydrogens (tertiary/aromatic N) is 3. The molecule has 1 saturated carbocycles. The zero-order chi connectivity index (χ0) is 18.1. The summed E-state index contributed by atoms with van der Waals surface area (Å²) in [6.07, 6.45) is 6.44. The molecule has 0 aliphatic heterocycles. The highest BCUT2D eigenvalue weighted by Gasteiger charge is 2.26. The first-order valence-electron chi connectivity index (χ1n) is 9.54. The predicted octanol–water partition coefficient (Wildman–Crippen LogP) is 3.64. The number of anilines is 1. The van der Waals surface area contributed by atoms with Crippen LogP contribution in [-0.4, -0.2) is 26.5 Å². The van der Waals surface area contributed by atoms with E-state index in [4.69, 9.17) is 15.7 Å². The molecule has 1 fully saturated rings. The summed E-state index contributed by atoms with van der Waals surface area (Å²) in [5, 5.41) is 3.15. The molecule has 6 heteroatoms. The van der Waals surface area contributed by atoms with Gasteiger partial charge in [-0.05, 0) is 31.4 Å². The number of carbonyl (C=O) groups is 1. The minimum atomic E-state index is -0.126. The number of benzene rings is 1. The van der Waals surface area contributed by atoms with Crippen LogP contribution in [0, 0.1) is 0 Å². The number of fused-ring (bicyclic) bond motifs is 2. The molecular weight excluding hydrogens is 326 g/mol. The van der Waals surface area contributed by atoms with Crippen LogP contribution in [0.1, 0.15) is 55.8 Å². The summed E-state index contributed by atoms with van der Waals surface area (Å²) in [6, 6.07) is 7.97. The van der Waals surface area contributed by atoms with Crippen LogP contribution in [-0.2, 0) is 6.54 Å². The highest BCUT2D eigenvalue weighted by atomic mass is 16.1. The number of aryl methyl sites for hydroxylation is 1. The van der Waals surface area contributed by atoms with Crippen molar-refractivity contribution in [1.29, 1.82) is 0 Å². The highest BCUT2D eigenvalue weighted by Crippen LogP contribution is 2.29. The molecule has 1 aromatic carbocycles. The monoisotopic (exact) mass is 351 g/mol. The molecule has 1 aliphatic carbocycles. The van der Waals surface area contributed by atoms with Crippen LogP contribution in [0.15, 0.2) is 24.3 Å². The van der Waals surface area contributed by atoms with Gasteiger partial charge in [-0.15, -0.1) is 0 Å². The van der Waals surface area contributed by atoms with Crippen LogP contribution in [0.2, 0.25) is 0 Å². The molecule has 26 heavy (non-hydrogen) atoms. The third-order valence-corrected chi connectivity index (χ3v) is 5.24. The van der Waals surface area contributed by atoms with E-state index in [9.17, 15) is 4.79 Å². The molecule has 0 saturated heterocycles. The molecule has 0 bridgehead atoms. The van der Waals surface area contributed by atoms with E-state index in [0.717, 1.165) is 43.3 Å². The number of rotatable bonds is 5. The number of nitrogen functional groups attached to an aromatic ring is 1. The quantitative estimate of drug-likeness (QED) is 0.735. The maximum atomic E-state index is 13.0. The molecule has 1 amide bonds. The third kappa shape index (κ3) is 2.89. The number of unbranched alkanes of at least 4 members (excludes halogenated alkanes) is 1. The van der Waals surface area contributed by atoms with Gasteiger partial charge < -0.3 is 15.6 Å². The summed E-state index contributed by atoms with van der Waals surface area (Å²) in [6.45, 7) is 2.87. The summed E-state index contributed by atoms with van der Waals surface area (Å²) in [5.74, 6) is 0.346. The molecule has 2 aromatic heterocycles. The Morgan fingerprint density at radius 2 is 1.92 bits per heavy atom. The van der Waals surface area contributed by atoms with Crippen LogP contribution in [0.3, 0.4) is 0 Å². The number of nitrogens with one attached hydrogen (secondary N) is 1. The lowest BCUT2D eigenvalue weighted by Gasteiger charge is -2.12. The minimum absolute atomic E-state index is 0.126. The van der Waals surface area contributed by atoms with Crippen LogP contribution in [0.25, 0.3) is 22.2 Å². The van der Waals surface area contributed by atoms with Gasteiger partial charge in [-0.25, -0.2) is 9.97 Å². The zero-order valence-corrected chi connectivity index (χ0v) is 15.2. The molecule has 1 aliphatic rings. The Balaban J connectivity index is 1.85. The van der Waals surface area contributed by atoms with E-state index in [1.807, 2.05) is 28.8 Å². The number of aromatic nitrogens is 3. The first-order valence-corrected chi connectivity index (χ1v) is 9.54. The molecule has 3 N–H and O–H groups in total. The number of para-hydroxylation sites is 2. The molecule has 4 rings (SSSR count). The lowest BCUT2D eigenvalue weighted by Crippen LogP contribution is -2.33. The van der Waals surface area contributed by atoms with E-state index in [0.29, 0.717) is 22.5 Å². The molecule has 6 nitrogen and oxygen atoms in total. The second-order valence-corrected chi connectivity index (χ2v) is 7.10. The first kappa shape index (κ1) is 16.8. The van der Waals surface area contributed by atoms with E-state index in [2.05, 4.69) is 12.2 Å². The van der Waals surface area contributed by atoms with Gasteiger partial charge in [0.15, 0.2) is 5.65 Å². The average molecular weight is 351 g/mol. The van der Waals surface area contributed by atoms with E-state index in [1.165, 1.54) is 12.8 Å². The Kier molecular flexibility index (Phi) is 4.49. The van der Waals surface area contributed by atoms with Gasteiger partial charge in [-0.1, -0.05) is 38.3 Å². The van der Waals surface area contributed by atoms with Crippen molar-refractivity contribution in [3.8, 4) is 0 Å². The molecular formula is C20H25N5O. The fraction of sp³-hybridized carbons (Fsp3) is 0.450. The average Bonchev–Trinajstić information content (AvgIpc) is 3.23. The maximum absolute atomic E-state index is 13.0. The molecule has 136 valence electrons. The van der Waals surface area contributed by atoms with Gasteiger partial charge in [0, 0.05) is 12.6 Å². The highest BCUT2D eigenvalue weighted by molar-refractivity contribution is 6.10. The van der Waals surface area contributed by atoms with Crippen LogP contribution >= 0.6 is 0 Å². The van der Waals surface area contributed by atoms with Crippen molar-refractivity contribution in [1.82, 2.24) is 19.9 Å².